The van der Waals surface area contributed by atoms with Crippen LogP contribution >= 0.6 is 0 Å². The Hall–Kier alpha value is -1.57. The maximum atomic E-state index is 11.3. The topological polar surface area (TPSA) is 26.3 Å². The fourth-order valence-corrected chi connectivity index (χ4v) is 1.60. The van der Waals surface area contributed by atoms with Gasteiger partial charge in [-0.1, -0.05) is 36.4 Å². The molecule has 0 aromatic heterocycles. The van der Waals surface area contributed by atoms with Gasteiger partial charge in [-0.2, -0.15) is 0 Å². The van der Waals surface area contributed by atoms with Gasteiger partial charge in [-0.25, -0.2) is 4.79 Å². The lowest BCUT2D eigenvalue weighted by atomic mass is 10.0. The minimum absolute atomic E-state index is 0.267. The van der Waals surface area contributed by atoms with Crippen molar-refractivity contribution >= 4 is 5.97 Å². The van der Waals surface area contributed by atoms with E-state index >= 15 is 0 Å². The Morgan fingerprint density at radius 2 is 1.94 bits per heavy atom. The van der Waals surface area contributed by atoms with E-state index in [1.165, 1.54) is 11.1 Å². The monoisotopic (exact) mass is 232 g/mol. The molecule has 0 N–H and O–H groups in total. The van der Waals surface area contributed by atoms with Crippen molar-refractivity contribution < 1.29 is 9.53 Å². The highest BCUT2D eigenvalue weighted by Crippen LogP contribution is 2.11. The summed E-state index contributed by atoms with van der Waals surface area (Å²) in [6, 6.07) is 8.47. The Morgan fingerprint density at radius 3 is 2.53 bits per heavy atom. The summed E-state index contributed by atoms with van der Waals surface area (Å²) < 4.78 is 4.88. The third-order valence-electron chi connectivity index (χ3n) is 2.63. The van der Waals surface area contributed by atoms with Gasteiger partial charge in [0, 0.05) is 5.57 Å². The summed E-state index contributed by atoms with van der Waals surface area (Å²) >= 11 is 0. The van der Waals surface area contributed by atoms with Crippen LogP contribution in [0.1, 0.15) is 30.9 Å². The summed E-state index contributed by atoms with van der Waals surface area (Å²) in [5.74, 6) is -0.267. The standard InChI is InChI=1S/C15H20O2/c1-4-17-15(16)13(3)6-5-7-14-10-8-12(2)9-11-14/h8-11H,3-7H2,1-2H3. The van der Waals surface area contributed by atoms with E-state index in [4.69, 9.17) is 4.74 Å². The fourth-order valence-electron chi connectivity index (χ4n) is 1.60. The molecule has 0 atom stereocenters. The Balaban J connectivity index is 2.30. The van der Waals surface area contributed by atoms with Crippen molar-refractivity contribution in [1.82, 2.24) is 0 Å². The van der Waals surface area contributed by atoms with E-state index in [1.54, 1.807) is 6.92 Å². The first kappa shape index (κ1) is 13.5. The molecule has 92 valence electrons. The minimum atomic E-state index is -0.267. The van der Waals surface area contributed by atoms with Gasteiger partial charge in [0.2, 0.25) is 0 Å². The van der Waals surface area contributed by atoms with Crippen LogP contribution in [0.25, 0.3) is 0 Å². The van der Waals surface area contributed by atoms with Crippen LogP contribution in [0.4, 0.5) is 0 Å². The fraction of sp³-hybridized carbons (Fsp3) is 0.400. The predicted octanol–water partition coefficient (Wildman–Crippen LogP) is 3.44. The number of esters is 1. The lowest BCUT2D eigenvalue weighted by Gasteiger charge is -2.05. The summed E-state index contributed by atoms with van der Waals surface area (Å²) in [5.41, 5.74) is 3.14. The molecule has 17 heavy (non-hydrogen) atoms. The highest BCUT2D eigenvalue weighted by atomic mass is 16.5. The lowest BCUT2D eigenvalue weighted by Crippen LogP contribution is -2.06. The first-order valence-corrected chi connectivity index (χ1v) is 6.04. The van der Waals surface area contributed by atoms with Gasteiger partial charge in [0.1, 0.15) is 0 Å². The summed E-state index contributed by atoms with van der Waals surface area (Å²) in [6.07, 6.45) is 2.60. The summed E-state index contributed by atoms with van der Waals surface area (Å²) in [5, 5.41) is 0. The van der Waals surface area contributed by atoms with Crippen molar-refractivity contribution in [2.75, 3.05) is 6.61 Å². The second-order valence-corrected chi connectivity index (χ2v) is 4.16. The van der Waals surface area contributed by atoms with Crippen LogP contribution in [-0.4, -0.2) is 12.6 Å². The quantitative estimate of drug-likeness (QED) is 0.555. The van der Waals surface area contributed by atoms with Crippen molar-refractivity contribution in [3.8, 4) is 0 Å². The maximum absolute atomic E-state index is 11.3. The molecule has 2 nitrogen and oxygen atoms in total. The normalized spacial score (nSPS) is 10.0. The number of benzene rings is 1. The van der Waals surface area contributed by atoms with Crippen LogP contribution in [-0.2, 0) is 16.0 Å². The number of rotatable bonds is 6. The molecular weight excluding hydrogens is 212 g/mol. The molecule has 1 aromatic carbocycles. The molecule has 0 aliphatic heterocycles. The van der Waals surface area contributed by atoms with Gasteiger partial charge in [0.25, 0.3) is 0 Å². The van der Waals surface area contributed by atoms with Crippen LogP contribution in [0.5, 0.6) is 0 Å². The van der Waals surface area contributed by atoms with Crippen molar-refractivity contribution in [3.63, 3.8) is 0 Å². The Labute approximate surface area is 103 Å². The Morgan fingerprint density at radius 1 is 1.29 bits per heavy atom. The zero-order valence-corrected chi connectivity index (χ0v) is 10.7. The number of hydrogen-bond acceptors (Lipinski definition) is 2. The molecule has 1 aromatic rings. The highest BCUT2D eigenvalue weighted by molar-refractivity contribution is 5.87. The second kappa shape index (κ2) is 6.89. The van der Waals surface area contributed by atoms with E-state index in [2.05, 4.69) is 37.8 Å². The smallest absolute Gasteiger partial charge is 0.333 e. The molecule has 0 aliphatic rings. The average Bonchev–Trinajstić information content (AvgIpc) is 2.32. The second-order valence-electron chi connectivity index (χ2n) is 4.16. The van der Waals surface area contributed by atoms with Crippen molar-refractivity contribution in [2.45, 2.75) is 33.1 Å². The van der Waals surface area contributed by atoms with E-state index in [-0.39, 0.29) is 5.97 Å². The molecule has 0 saturated heterocycles. The number of carbonyl (C=O) groups is 1. The zero-order chi connectivity index (χ0) is 12.7. The number of aryl methyl sites for hydroxylation is 2. The molecule has 0 heterocycles. The van der Waals surface area contributed by atoms with Gasteiger partial charge in [0.05, 0.1) is 6.61 Å². The zero-order valence-electron chi connectivity index (χ0n) is 10.7. The van der Waals surface area contributed by atoms with Gasteiger partial charge in [-0.3, -0.25) is 0 Å². The number of ether oxygens (including phenoxy) is 1. The van der Waals surface area contributed by atoms with Crippen LogP contribution in [0, 0.1) is 6.92 Å². The summed E-state index contributed by atoms with van der Waals surface area (Å²) in [7, 11) is 0. The van der Waals surface area contributed by atoms with E-state index in [1.807, 2.05) is 0 Å². The third-order valence-corrected chi connectivity index (χ3v) is 2.63. The molecule has 0 aliphatic carbocycles. The van der Waals surface area contributed by atoms with Gasteiger partial charge in [-0.05, 0) is 38.7 Å². The Bertz CT molecular complexity index is 376. The number of hydrogen-bond donors (Lipinski definition) is 0. The third kappa shape index (κ3) is 4.85. The number of carbonyl (C=O) groups excluding carboxylic acids is 1. The van der Waals surface area contributed by atoms with E-state index in [9.17, 15) is 4.79 Å². The first-order chi connectivity index (χ1) is 8.13. The first-order valence-electron chi connectivity index (χ1n) is 6.04. The SMILES string of the molecule is C=C(CCCc1ccc(C)cc1)C(=O)OCC. The van der Waals surface area contributed by atoms with Gasteiger partial charge >= 0.3 is 5.97 Å². The minimum Gasteiger partial charge on any atom is -0.463 e. The maximum Gasteiger partial charge on any atom is 0.333 e. The molecule has 0 amide bonds. The van der Waals surface area contributed by atoms with Crippen molar-refractivity contribution in [1.29, 1.82) is 0 Å². The van der Waals surface area contributed by atoms with Crippen LogP contribution in [0.2, 0.25) is 0 Å². The van der Waals surface area contributed by atoms with E-state index < -0.39 is 0 Å². The van der Waals surface area contributed by atoms with Crippen LogP contribution < -0.4 is 0 Å². The van der Waals surface area contributed by atoms with Crippen LogP contribution in [0.3, 0.4) is 0 Å². The largest absolute Gasteiger partial charge is 0.463 e. The van der Waals surface area contributed by atoms with Gasteiger partial charge < -0.3 is 4.74 Å². The van der Waals surface area contributed by atoms with E-state index in [0.29, 0.717) is 18.6 Å². The predicted molar refractivity (Wildman–Crippen MR) is 69.9 cm³/mol. The van der Waals surface area contributed by atoms with Gasteiger partial charge in [-0.15, -0.1) is 0 Å². The summed E-state index contributed by atoms with van der Waals surface area (Å²) in [6.45, 7) is 8.04. The molecule has 2 heteroatoms. The molecule has 0 radical (unpaired) electrons. The Kier molecular flexibility index (Phi) is 5.47. The molecule has 1 rings (SSSR count). The molecule has 0 saturated carbocycles. The van der Waals surface area contributed by atoms with Crippen LogP contribution in [0.15, 0.2) is 36.4 Å². The average molecular weight is 232 g/mol. The van der Waals surface area contributed by atoms with Crippen molar-refractivity contribution in [3.05, 3.63) is 47.5 Å². The molecule has 0 fully saturated rings. The molecular formula is C15H20O2. The molecule has 0 unspecified atom stereocenters. The molecule has 0 bridgehead atoms. The van der Waals surface area contributed by atoms with E-state index in [0.717, 1.165) is 12.8 Å². The highest BCUT2D eigenvalue weighted by Gasteiger charge is 2.06. The molecule has 0 spiro atoms. The van der Waals surface area contributed by atoms with Gasteiger partial charge in [0.15, 0.2) is 0 Å². The van der Waals surface area contributed by atoms with Crippen molar-refractivity contribution in [2.24, 2.45) is 0 Å². The summed E-state index contributed by atoms with van der Waals surface area (Å²) in [4.78, 5) is 11.3. The lowest BCUT2D eigenvalue weighted by molar-refractivity contribution is -0.138.